The minimum Gasteiger partial charge on any atom is -0.462 e. The van der Waals surface area contributed by atoms with E-state index in [-0.39, 0.29) is 18.0 Å². The van der Waals surface area contributed by atoms with E-state index in [2.05, 4.69) is 53.0 Å². The average Bonchev–Trinajstić information content (AvgIpc) is 3.35. The van der Waals surface area contributed by atoms with Crippen molar-refractivity contribution in [2.24, 2.45) is 29.6 Å². The van der Waals surface area contributed by atoms with Crippen LogP contribution in [0.15, 0.2) is 41.2 Å². The Hall–Kier alpha value is -1.94. The van der Waals surface area contributed by atoms with E-state index in [0.717, 1.165) is 17.7 Å². The first-order chi connectivity index (χ1) is 13.7. The minimum atomic E-state index is 0.0314. The van der Waals surface area contributed by atoms with Gasteiger partial charge in [-0.15, -0.1) is 0 Å². The van der Waals surface area contributed by atoms with Gasteiger partial charge < -0.3 is 4.74 Å². The van der Waals surface area contributed by atoms with Gasteiger partial charge in [-0.2, -0.15) is 11.3 Å². The highest BCUT2D eigenvalue weighted by Crippen LogP contribution is 2.53. The van der Waals surface area contributed by atoms with Gasteiger partial charge in [0.1, 0.15) is 6.10 Å². The highest BCUT2D eigenvalue weighted by molar-refractivity contribution is 7.08. The minimum absolute atomic E-state index is 0.0314. The topological polar surface area (TPSA) is 39.2 Å². The Morgan fingerprint density at radius 3 is 2.86 bits per heavy atom. The van der Waals surface area contributed by atoms with Gasteiger partial charge in [0, 0.05) is 17.7 Å². The summed E-state index contributed by atoms with van der Waals surface area (Å²) in [6.45, 7) is 2.08. The fourth-order valence-electron chi connectivity index (χ4n) is 5.90. The van der Waals surface area contributed by atoms with Gasteiger partial charge in [-0.1, -0.05) is 31.4 Å². The summed E-state index contributed by atoms with van der Waals surface area (Å²) in [5, 5.41) is 4.24. The molecule has 0 N–H and O–H groups in total. The fourth-order valence-corrected chi connectivity index (χ4v) is 6.56. The Balaban J connectivity index is 1.40. The van der Waals surface area contributed by atoms with Crippen LogP contribution in [0, 0.1) is 29.6 Å². The first-order valence-corrected chi connectivity index (χ1v) is 11.5. The third-order valence-corrected chi connectivity index (χ3v) is 7.89. The maximum absolute atomic E-state index is 12.4. The predicted octanol–water partition coefficient (Wildman–Crippen LogP) is 5.83. The molecule has 2 saturated carbocycles. The largest absolute Gasteiger partial charge is 0.462 e. The molecule has 0 amide bonds. The second-order valence-electron chi connectivity index (χ2n) is 8.69. The molecule has 28 heavy (non-hydrogen) atoms. The normalized spacial score (nSPS) is 34.8. The van der Waals surface area contributed by atoms with Gasteiger partial charge >= 0.3 is 5.97 Å². The first kappa shape index (κ1) is 18.1. The number of carbonyl (C=O) groups is 1. The van der Waals surface area contributed by atoms with Crippen molar-refractivity contribution in [2.45, 2.75) is 45.1 Å². The monoisotopic (exact) mass is 393 g/mol. The number of ether oxygens (including phenoxy) is 1. The summed E-state index contributed by atoms with van der Waals surface area (Å²) < 4.78 is 5.67. The van der Waals surface area contributed by atoms with Gasteiger partial charge in [0.05, 0.1) is 11.6 Å². The Labute approximate surface area is 170 Å². The van der Waals surface area contributed by atoms with E-state index < -0.39 is 0 Å². The highest BCUT2D eigenvalue weighted by Gasteiger charge is 2.53. The zero-order chi connectivity index (χ0) is 19.1. The SMILES string of the molecule is C[C@H]1OC(=O)[C@@H]2C[C@@H]3CCCC[C@H]3[C@H](/C=C/c3ccc(-c4ccsc4)cn3)[C@H]12. The molecule has 2 aromatic heterocycles. The van der Waals surface area contributed by atoms with Crippen LogP contribution in [0.1, 0.15) is 44.7 Å². The van der Waals surface area contributed by atoms with Crippen molar-refractivity contribution in [3.8, 4) is 11.1 Å². The lowest BCUT2D eigenvalue weighted by Crippen LogP contribution is -2.42. The number of aromatic nitrogens is 1. The lowest BCUT2D eigenvalue weighted by molar-refractivity contribution is -0.144. The Morgan fingerprint density at radius 1 is 1.18 bits per heavy atom. The Kier molecular flexibility index (Phi) is 4.83. The third kappa shape index (κ3) is 3.22. The van der Waals surface area contributed by atoms with E-state index in [1.807, 2.05) is 6.20 Å². The van der Waals surface area contributed by atoms with Crippen molar-refractivity contribution in [3.63, 3.8) is 0 Å². The number of rotatable bonds is 3. The molecule has 5 rings (SSSR count). The summed E-state index contributed by atoms with van der Waals surface area (Å²) in [5.74, 6) is 2.25. The maximum atomic E-state index is 12.4. The number of cyclic esters (lactones) is 1. The van der Waals surface area contributed by atoms with Crippen LogP contribution in [0.25, 0.3) is 17.2 Å². The number of allylic oxidation sites excluding steroid dienone is 1. The number of esters is 1. The molecule has 3 aliphatic rings. The number of nitrogens with zero attached hydrogens (tertiary/aromatic N) is 1. The van der Waals surface area contributed by atoms with E-state index in [9.17, 15) is 4.79 Å². The molecule has 0 bridgehead atoms. The van der Waals surface area contributed by atoms with Crippen LogP contribution in [0.4, 0.5) is 0 Å². The second-order valence-corrected chi connectivity index (χ2v) is 9.47. The Morgan fingerprint density at radius 2 is 2.07 bits per heavy atom. The molecule has 146 valence electrons. The summed E-state index contributed by atoms with van der Waals surface area (Å²) in [4.78, 5) is 17.1. The number of fused-ring (bicyclic) bond motifs is 2. The van der Waals surface area contributed by atoms with E-state index >= 15 is 0 Å². The molecule has 4 heteroatoms. The zero-order valence-corrected chi connectivity index (χ0v) is 17.1. The van der Waals surface area contributed by atoms with Crippen molar-refractivity contribution in [1.82, 2.24) is 4.98 Å². The number of pyridine rings is 1. The number of hydrogen-bond acceptors (Lipinski definition) is 4. The molecule has 0 radical (unpaired) electrons. The van der Waals surface area contributed by atoms with E-state index in [1.54, 1.807) is 11.3 Å². The van der Waals surface area contributed by atoms with Crippen molar-refractivity contribution >= 4 is 23.4 Å². The number of thiophene rings is 1. The van der Waals surface area contributed by atoms with Gasteiger partial charge in [0.25, 0.3) is 0 Å². The van der Waals surface area contributed by atoms with Gasteiger partial charge in [-0.25, -0.2) is 0 Å². The fraction of sp³-hybridized carbons (Fsp3) is 0.500. The Bertz CT molecular complexity index is 857. The summed E-state index contributed by atoms with van der Waals surface area (Å²) >= 11 is 1.71. The summed E-state index contributed by atoms with van der Waals surface area (Å²) in [5.41, 5.74) is 3.38. The molecule has 0 spiro atoms. The maximum Gasteiger partial charge on any atom is 0.309 e. The van der Waals surface area contributed by atoms with Crippen LogP contribution in [0.3, 0.4) is 0 Å². The zero-order valence-electron chi connectivity index (χ0n) is 16.3. The van der Waals surface area contributed by atoms with Crippen LogP contribution in [0.5, 0.6) is 0 Å². The third-order valence-electron chi connectivity index (χ3n) is 7.20. The van der Waals surface area contributed by atoms with Gasteiger partial charge in [0.15, 0.2) is 0 Å². The molecule has 1 aliphatic heterocycles. The molecule has 2 aromatic rings. The van der Waals surface area contributed by atoms with Crippen molar-refractivity contribution < 1.29 is 9.53 Å². The van der Waals surface area contributed by atoms with Gasteiger partial charge in [0.2, 0.25) is 0 Å². The molecule has 3 heterocycles. The lowest BCUT2D eigenvalue weighted by atomic mass is 9.57. The standard InChI is InChI=1S/C24H27NO2S/c1-15-23-21(20-5-3-2-4-16(20)12-22(23)24(26)27-15)9-8-19-7-6-17(13-25-19)18-10-11-28-14-18/h6-11,13-16,20-23H,2-5,12H2,1H3/b9-8+/t15-,16+,20-,21+,22-,23+/m1/s1. The molecule has 0 unspecified atom stereocenters. The molecule has 0 aromatic carbocycles. The lowest BCUT2D eigenvalue weighted by Gasteiger charge is -2.45. The highest BCUT2D eigenvalue weighted by atomic mass is 32.1. The van der Waals surface area contributed by atoms with Crippen molar-refractivity contribution in [2.75, 3.05) is 0 Å². The summed E-state index contributed by atoms with van der Waals surface area (Å²) in [6.07, 6.45) is 12.7. The summed E-state index contributed by atoms with van der Waals surface area (Å²) in [6, 6.07) is 6.37. The van der Waals surface area contributed by atoms with Crippen LogP contribution in [0.2, 0.25) is 0 Å². The average molecular weight is 394 g/mol. The molecule has 3 nitrogen and oxygen atoms in total. The molecular weight excluding hydrogens is 366 g/mol. The first-order valence-electron chi connectivity index (χ1n) is 10.6. The van der Waals surface area contributed by atoms with Crippen LogP contribution >= 0.6 is 11.3 Å². The van der Waals surface area contributed by atoms with E-state index in [0.29, 0.717) is 23.7 Å². The van der Waals surface area contributed by atoms with Gasteiger partial charge in [-0.05, 0) is 72.1 Å². The van der Waals surface area contributed by atoms with Crippen LogP contribution in [-0.4, -0.2) is 17.1 Å². The predicted molar refractivity (Wildman–Crippen MR) is 113 cm³/mol. The van der Waals surface area contributed by atoms with E-state index in [1.165, 1.54) is 31.2 Å². The molecule has 1 saturated heterocycles. The smallest absolute Gasteiger partial charge is 0.309 e. The van der Waals surface area contributed by atoms with Crippen LogP contribution < -0.4 is 0 Å². The molecule has 6 atom stereocenters. The number of hydrogen-bond donors (Lipinski definition) is 0. The number of carbonyl (C=O) groups excluding carboxylic acids is 1. The van der Waals surface area contributed by atoms with Crippen molar-refractivity contribution in [3.05, 3.63) is 46.9 Å². The molecule has 2 aliphatic carbocycles. The quantitative estimate of drug-likeness (QED) is 0.616. The van der Waals surface area contributed by atoms with Crippen LogP contribution in [-0.2, 0) is 9.53 Å². The molecule has 3 fully saturated rings. The summed E-state index contributed by atoms with van der Waals surface area (Å²) in [7, 11) is 0. The molecular formula is C24H27NO2S. The van der Waals surface area contributed by atoms with E-state index in [4.69, 9.17) is 4.74 Å². The van der Waals surface area contributed by atoms with Crippen molar-refractivity contribution in [1.29, 1.82) is 0 Å². The van der Waals surface area contributed by atoms with Gasteiger partial charge in [-0.3, -0.25) is 9.78 Å². The second kappa shape index (κ2) is 7.47.